The molecule has 8 nitrogen and oxygen atoms in total. The van der Waals surface area contributed by atoms with Crippen molar-refractivity contribution < 1.29 is 9.47 Å². The van der Waals surface area contributed by atoms with E-state index in [1.54, 1.807) is 12.7 Å². The molecule has 30 heavy (non-hydrogen) atoms. The van der Waals surface area contributed by atoms with Gasteiger partial charge in [-0.05, 0) is 44.7 Å². The third kappa shape index (κ3) is 7.33. The van der Waals surface area contributed by atoms with Crippen LogP contribution in [0, 0.1) is 12.8 Å². The number of rotatable bonds is 11. The number of hydrogen-bond acceptors (Lipinski definition) is 5. The van der Waals surface area contributed by atoms with E-state index in [0.29, 0.717) is 19.1 Å². The van der Waals surface area contributed by atoms with Crippen LogP contribution >= 0.6 is 0 Å². The minimum atomic E-state index is 0.485. The highest BCUT2D eigenvalue weighted by atomic mass is 16.5. The van der Waals surface area contributed by atoms with Gasteiger partial charge in [0.2, 0.25) is 0 Å². The zero-order chi connectivity index (χ0) is 21.0. The first-order valence-corrected chi connectivity index (χ1v) is 10.9. The van der Waals surface area contributed by atoms with Crippen LogP contribution in [-0.4, -0.2) is 53.6 Å². The van der Waals surface area contributed by atoms with Gasteiger partial charge in [0, 0.05) is 37.7 Å². The van der Waals surface area contributed by atoms with Gasteiger partial charge in [-0.1, -0.05) is 12.1 Å². The molecule has 1 aliphatic rings. The average molecular weight is 415 g/mol. The zero-order valence-electron chi connectivity index (χ0n) is 18.1. The number of benzene rings is 1. The Morgan fingerprint density at radius 1 is 1.27 bits per heavy atom. The lowest BCUT2D eigenvalue weighted by atomic mass is 10.1. The van der Waals surface area contributed by atoms with Gasteiger partial charge < -0.3 is 24.7 Å². The Labute approximate surface area is 179 Å². The average Bonchev–Trinajstić information content (AvgIpc) is 3.45. The van der Waals surface area contributed by atoms with Crippen LogP contribution in [0.15, 0.2) is 35.8 Å². The van der Waals surface area contributed by atoms with E-state index in [9.17, 15) is 0 Å². The van der Waals surface area contributed by atoms with Gasteiger partial charge in [-0.2, -0.15) is 0 Å². The molecule has 0 spiro atoms. The Bertz CT molecular complexity index is 772. The number of nitrogens with zero attached hydrogens (tertiary/aromatic N) is 4. The van der Waals surface area contributed by atoms with E-state index < -0.39 is 0 Å². The van der Waals surface area contributed by atoms with Crippen LogP contribution < -0.4 is 15.4 Å². The van der Waals surface area contributed by atoms with Crippen LogP contribution in [0.3, 0.4) is 0 Å². The summed E-state index contributed by atoms with van der Waals surface area (Å²) >= 11 is 0. The Kier molecular flexibility index (Phi) is 8.96. The molecule has 1 aromatic carbocycles. The minimum absolute atomic E-state index is 0.485. The molecule has 0 amide bonds. The molecular weight excluding hydrogens is 380 g/mol. The van der Waals surface area contributed by atoms with Gasteiger partial charge in [-0.3, -0.25) is 0 Å². The largest absolute Gasteiger partial charge is 0.493 e. The summed E-state index contributed by atoms with van der Waals surface area (Å²) in [6, 6.07) is 6.33. The van der Waals surface area contributed by atoms with Crippen molar-refractivity contribution in [2.24, 2.45) is 10.9 Å². The fraction of sp³-hybridized carbons (Fsp3) is 0.591. The van der Waals surface area contributed by atoms with E-state index in [-0.39, 0.29) is 0 Å². The number of unbranched alkanes of at least 4 members (excludes halogenated alkanes) is 1. The maximum atomic E-state index is 6.14. The van der Waals surface area contributed by atoms with Crippen LogP contribution in [0.4, 0.5) is 0 Å². The first-order valence-electron chi connectivity index (χ1n) is 10.9. The molecular formula is C22H34N6O2. The lowest BCUT2D eigenvalue weighted by molar-refractivity contribution is 0.166. The smallest absolute Gasteiger partial charge is 0.191 e. The third-order valence-corrected chi connectivity index (χ3v) is 5.08. The minimum Gasteiger partial charge on any atom is -0.493 e. The molecule has 0 radical (unpaired) electrons. The third-order valence-electron chi connectivity index (χ3n) is 5.08. The van der Waals surface area contributed by atoms with Crippen molar-refractivity contribution in [3.05, 3.63) is 42.0 Å². The van der Waals surface area contributed by atoms with Crippen LogP contribution in [0.1, 0.15) is 37.3 Å². The lowest BCUT2D eigenvalue weighted by Crippen LogP contribution is -2.37. The standard InChI is InChI=1S/C22H34N6O2/c1-3-23-22(24-9-4-5-10-28-16-26-27-17-28)25-13-20-7-6-18(2)12-21(20)30-15-19-8-11-29-14-19/h6-7,12,16-17,19H,3-5,8-11,13-15H2,1-2H3,(H2,23,24,25). The molecule has 0 saturated carbocycles. The van der Waals surface area contributed by atoms with Gasteiger partial charge >= 0.3 is 0 Å². The summed E-state index contributed by atoms with van der Waals surface area (Å²) in [6.07, 6.45) is 6.68. The Balaban J connectivity index is 1.49. The van der Waals surface area contributed by atoms with Crippen LogP contribution in [0.2, 0.25) is 0 Å². The zero-order valence-corrected chi connectivity index (χ0v) is 18.1. The number of hydrogen-bond donors (Lipinski definition) is 2. The lowest BCUT2D eigenvalue weighted by Gasteiger charge is -2.15. The van der Waals surface area contributed by atoms with Crippen LogP contribution in [0.25, 0.3) is 0 Å². The molecule has 3 rings (SSSR count). The molecule has 1 aromatic heterocycles. The SMILES string of the molecule is CCNC(=NCc1ccc(C)cc1OCC1CCOC1)NCCCCn1cnnc1. The first-order chi connectivity index (χ1) is 14.7. The van der Waals surface area contributed by atoms with Gasteiger partial charge in [-0.25, -0.2) is 4.99 Å². The van der Waals surface area contributed by atoms with E-state index in [2.05, 4.69) is 52.9 Å². The van der Waals surface area contributed by atoms with E-state index in [1.165, 1.54) is 5.56 Å². The Morgan fingerprint density at radius 2 is 2.13 bits per heavy atom. The van der Waals surface area contributed by atoms with Crippen LogP contribution in [0.5, 0.6) is 5.75 Å². The van der Waals surface area contributed by atoms with Crippen molar-refractivity contribution in [1.82, 2.24) is 25.4 Å². The second kappa shape index (κ2) is 12.2. The molecule has 164 valence electrons. The molecule has 1 atom stereocenters. The van der Waals surface area contributed by atoms with Gasteiger partial charge in [0.15, 0.2) is 5.96 Å². The molecule has 2 N–H and O–H groups in total. The van der Waals surface area contributed by atoms with Crippen molar-refractivity contribution >= 4 is 5.96 Å². The van der Waals surface area contributed by atoms with Gasteiger partial charge in [0.25, 0.3) is 0 Å². The highest BCUT2D eigenvalue weighted by Crippen LogP contribution is 2.23. The molecule has 8 heteroatoms. The van der Waals surface area contributed by atoms with Gasteiger partial charge in [-0.15, -0.1) is 10.2 Å². The molecule has 2 aromatic rings. The molecule has 0 aliphatic carbocycles. The second-order valence-electron chi connectivity index (χ2n) is 7.68. The highest BCUT2D eigenvalue weighted by molar-refractivity contribution is 5.79. The van der Waals surface area contributed by atoms with Crippen molar-refractivity contribution in [2.75, 3.05) is 32.9 Å². The topological polar surface area (TPSA) is 85.6 Å². The second-order valence-corrected chi connectivity index (χ2v) is 7.68. The summed E-state index contributed by atoms with van der Waals surface area (Å²) in [6.45, 7) is 9.70. The summed E-state index contributed by atoms with van der Waals surface area (Å²) < 4.78 is 13.6. The van der Waals surface area contributed by atoms with E-state index in [1.807, 2.05) is 4.57 Å². The molecule has 1 aliphatic heterocycles. The Hall–Kier alpha value is -2.61. The van der Waals surface area contributed by atoms with Crippen molar-refractivity contribution in [2.45, 2.75) is 46.2 Å². The predicted octanol–water partition coefficient (Wildman–Crippen LogP) is 2.54. The first kappa shape index (κ1) is 22.1. The van der Waals surface area contributed by atoms with Crippen LogP contribution in [-0.2, 0) is 17.8 Å². The van der Waals surface area contributed by atoms with Crippen molar-refractivity contribution in [3.8, 4) is 5.75 Å². The van der Waals surface area contributed by atoms with E-state index in [0.717, 1.165) is 69.4 Å². The number of ether oxygens (including phenoxy) is 2. The monoisotopic (exact) mass is 414 g/mol. The highest BCUT2D eigenvalue weighted by Gasteiger charge is 2.17. The molecule has 1 fully saturated rings. The maximum Gasteiger partial charge on any atom is 0.191 e. The fourth-order valence-corrected chi connectivity index (χ4v) is 3.32. The summed E-state index contributed by atoms with van der Waals surface area (Å²) in [5.74, 6) is 2.24. The maximum absolute atomic E-state index is 6.14. The number of guanidine groups is 1. The van der Waals surface area contributed by atoms with Crippen molar-refractivity contribution in [3.63, 3.8) is 0 Å². The summed E-state index contributed by atoms with van der Waals surface area (Å²) in [5, 5.41) is 14.4. The quantitative estimate of drug-likeness (QED) is 0.334. The molecule has 0 bridgehead atoms. The molecule has 2 heterocycles. The number of aliphatic imine (C=N–C) groups is 1. The molecule has 1 unspecified atom stereocenters. The fourth-order valence-electron chi connectivity index (χ4n) is 3.32. The van der Waals surface area contributed by atoms with E-state index >= 15 is 0 Å². The number of nitrogens with one attached hydrogen (secondary N) is 2. The predicted molar refractivity (Wildman–Crippen MR) is 118 cm³/mol. The van der Waals surface area contributed by atoms with Crippen molar-refractivity contribution in [1.29, 1.82) is 0 Å². The number of aryl methyl sites for hydroxylation is 2. The summed E-state index contributed by atoms with van der Waals surface area (Å²) in [4.78, 5) is 4.77. The molecule has 1 saturated heterocycles. The number of aromatic nitrogens is 3. The normalized spacial score (nSPS) is 16.6. The summed E-state index contributed by atoms with van der Waals surface area (Å²) in [7, 11) is 0. The van der Waals surface area contributed by atoms with E-state index in [4.69, 9.17) is 14.5 Å². The summed E-state index contributed by atoms with van der Waals surface area (Å²) in [5.41, 5.74) is 2.29. The van der Waals surface area contributed by atoms with Gasteiger partial charge in [0.1, 0.15) is 18.4 Å². The van der Waals surface area contributed by atoms with Gasteiger partial charge in [0.05, 0.1) is 19.8 Å². The Morgan fingerprint density at radius 3 is 2.90 bits per heavy atom.